The van der Waals surface area contributed by atoms with E-state index in [9.17, 15) is 5.11 Å². The van der Waals surface area contributed by atoms with Crippen molar-refractivity contribution < 1.29 is 5.11 Å². The average molecular weight is 460 g/mol. The van der Waals surface area contributed by atoms with E-state index in [-0.39, 0.29) is 0 Å². The van der Waals surface area contributed by atoms with Crippen molar-refractivity contribution in [2.45, 2.75) is 97.2 Å². The van der Waals surface area contributed by atoms with Crippen molar-refractivity contribution >= 4 is 15.9 Å². The van der Waals surface area contributed by atoms with Crippen LogP contribution in [-0.4, -0.2) is 5.11 Å². The highest BCUT2D eigenvalue weighted by Crippen LogP contribution is 2.74. The van der Waals surface area contributed by atoms with E-state index in [2.05, 4.69) is 69.6 Å². The van der Waals surface area contributed by atoms with Crippen LogP contribution in [0.2, 0.25) is 0 Å². The fourth-order valence-electron chi connectivity index (χ4n) is 8.70. The van der Waals surface area contributed by atoms with Gasteiger partial charge in [0.15, 0.2) is 0 Å². The Balaban J connectivity index is 1.62. The number of benzene rings is 1. The second-order valence-corrected chi connectivity index (χ2v) is 13.1. The highest BCUT2D eigenvalue weighted by molar-refractivity contribution is 9.08. The van der Waals surface area contributed by atoms with E-state index in [4.69, 9.17) is 0 Å². The first-order valence-corrected chi connectivity index (χ1v) is 13.0. The third kappa shape index (κ3) is 2.34. The summed E-state index contributed by atoms with van der Waals surface area (Å²) >= 11 is 3.74. The molecule has 1 aromatic carbocycles. The predicted molar refractivity (Wildman–Crippen MR) is 125 cm³/mol. The fourth-order valence-corrected chi connectivity index (χ4v) is 9.02. The number of aromatic hydroxyl groups is 1. The van der Waals surface area contributed by atoms with E-state index in [0.717, 1.165) is 17.2 Å². The molecule has 0 spiro atoms. The number of alkyl halides is 1. The summed E-state index contributed by atoms with van der Waals surface area (Å²) in [6, 6.07) is 4.67. The second kappa shape index (κ2) is 6.05. The van der Waals surface area contributed by atoms with E-state index in [1.165, 1.54) is 55.2 Å². The lowest BCUT2D eigenvalue weighted by atomic mass is 9.63. The topological polar surface area (TPSA) is 20.2 Å². The third-order valence-electron chi connectivity index (χ3n) is 11.7. The molecule has 0 aliphatic heterocycles. The van der Waals surface area contributed by atoms with E-state index < -0.39 is 0 Å². The number of phenols is 1. The number of phenolic OH excluding ortho intramolecular Hbond substituents is 1. The Morgan fingerprint density at radius 1 is 0.828 bits per heavy atom. The number of fused-ring (bicyclic) bond motifs is 4. The van der Waals surface area contributed by atoms with Crippen molar-refractivity contribution in [3.8, 4) is 5.75 Å². The minimum atomic E-state index is 0.301. The maximum atomic E-state index is 11.7. The molecular weight excluding hydrogens is 420 g/mol. The summed E-state index contributed by atoms with van der Waals surface area (Å²) in [5.74, 6) is 3.24. The van der Waals surface area contributed by atoms with Gasteiger partial charge in [-0.05, 0) is 101 Å². The van der Waals surface area contributed by atoms with E-state index in [0.29, 0.717) is 39.2 Å². The molecule has 6 atom stereocenters. The first-order chi connectivity index (χ1) is 13.5. The number of hydrogen-bond donors (Lipinski definition) is 1. The minimum absolute atomic E-state index is 0.301. The first-order valence-electron chi connectivity index (χ1n) is 11.9. The van der Waals surface area contributed by atoms with Crippen LogP contribution in [-0.2, 0) is 5.33 Å². The summed E-state index contributed by atoms with van der Waals surface area (Å²) in [6.45, 7) is 14.9. The molecule has 5 rings (SSSR count). The highest BCUT2D eigenvalue weighted by Gasteiger charge is 2.63. The lowest BCUT2D eigenvalue weighted by Gasteiger charge is -2.42. The Labute approximate surface area is 186 Å². The molecule has 1 aromatic rings. The van der Waals surface area contributed by atoms with Crippen LogP contribution in [0, 0.1) is 33.5 Å². The normalized spacial score (nSPS) is 44.0. The molecule has 0 aromatic heterocycles. The average Bonchev–Trinajstić information content (AvgIpc) is 3.19. The van der Waals surface area contributed by atoms with Gasteiger partial charge in [-0.1, -0.05) is 69.6 Å². The standard InChI is InChI=1S/C27H39BrO/c1-24(2)17-7-9-26(24,5)21(13-17)19-11-16(15-28)12-20(23(19)29)22-14-18-8-10-27(22,6)25(18,3)4/h11-12,17-18,21-22,29H,7-10,13-15H2,1-6H3/t17-,18-,21+,22+,26+,27+/m1/s1. The zero-order valence-electron chi connectivity index (χ0n) is 19.2. The molecule has 0 radical (unpaired) electrons. The van der Waals surface area contributed by atoms with Gasteiger partial charge in [-0.2, -0.15) is 0 Å². The van der Waals surface area contributed by atoms with Gasteiger partial charge in [-0.15, -0.1) is 0 Å². The zero-order valence-corrected chi connectivity index (χ0v) is 20.8. The minimum Gasteiger partial charge on any atom is -0.507 e. The van der Waals surface area contributed by atoms with Gasteiger partial charge >= 0.3 is 0 Å². The van der Waals surface area contributed by atoms with Crippen LogP contribution < -0.4 is 0 Å². The van der Waals surface area contributed by atoms with Crippen LogP contribution in [0.1, 0.15) is 109 Å². The summed E-state index contributed by atoms with van der Waals surface area (Å²) in [6.07, 6.45) is 7.83. The van der Waals surface area contributed by atoms with E-state index in [1.54, 1.807) is 0 Å². The van der Waals surface area contributed by atoms with Crippen LogP contribution in [0.5, 0.6) is 5.75 Å². The summed E-state index contributed by atoms with van der Waals surface area (Å²) < 4.78 is 0. The van der Waals surface area contributed by atoms with Gasteiger partial charge < -0.3 is 5.11 Å². The lowest BCUT2D eigenvalue weighted by Crippen LogP contribution is -2.32. The van der Waals surface area contributed by atoms with Crippen molar-refractivity contribution in [1.29, 1.82) is 0 Å². The van der Waals surface area contributed by atoms with Gasteiger partial charge in [0.05, 0.1) is 0 Å². The summed E-state index contributed by atoms with van der Waals surface area (Å²) in [7, 11) is 0. The fraction of sp³-hybridized carbons (Fsp3) is 0.778. The smallest absolute Gasteiger partial charge is 0.122 e. The molecule has 4 fully saturated rings. The maximum Gasteiger partial charge on any atom is 0.122 e. The molecule has 29 heavy (non-hydrogen) atoms. The summed E-state index contributed by atoms with van der Waals surface area (Å²) in [5, 5.41) is 12.6. The van der Waals surface area contributed by atoms with Gasteiger partial charge in [-0.25, -0.2) is 0 Å². The SMILES string of the molecule is CC1(C)[C@@H]2CC[C@@]1(C)[C@H](c1cc(CBr)cc([C@@H]3C[C@H]4CC[C@]3(C)C4(C)C)c1O)C2. The Morgan fingerprint density at radius 3 is 1.52 bits per heavy atom. The molecule has 1 nitrogen and oxygen atoms in total. The van der Waals surface area contributed by atoms with Crippen molar-refractivity contribution in [3.63, 3.8) is 0 Å². The first kappa shape index (κ1) is 20.4. The Morgan fingerprint density at radius 2 is 1.24 bits per heavy atom. The summed E-state index contributed by atoms with van der Waals surface area (Å²) in [4.78, 5) is 0. The van der Waals surface area contributed by atoms with Crippen molar-refractivity contribution in [2.24, 2.45) is 33.5 Å². The van der Waals surface area contributed by atoms with Crippen LogP contribution in [0.15, 0.2) is 12.1 Å². The van der Waals surface area contributed by atoms with Crippen LogP contribution in [0.4, 0.5) is 0 Å². The maximum absolute atomic E-state index is 11.7. The molecule has 2 heteroatoms. The highest BCUT2D eigenvalue weighted by atomic mass is 79.9. The van der Waals surface area contributed by atoms with Crippen LogP contribution >= 0.6 is 15.9 Å². The predicted octanol–water partition coefficient (Wildman–Crippen LogP) is 8.15. The number of hydrogen-bond acceptors (Lipinski definition) is 1. The van der Waals surface area contributed by atoms with Crippen molar-refractivity contribution in [2.75, 3.05) is 0 Å². The van der Waals surface area contributed by atoms with Crippen molar-refractivity contribution in [3.05, 3.63) is 28.8 Å². The van der Waals surface area contributed by atoms with Gasteiger partial charge in [-0.3, -0.25) is 0 Å². The molecule has 0 heterocycles. The molecule has 160 valence electrons. The van der Waals surface area contributed by atoms with E-state index in [1.807, 2.05) is 0 Å². The molecule has 4 aliphatic rings. The number of rotatable bonds is 3. The lowest BCUT2D eigenvalue weighted by molar-refractivity contribution is 0.130. The molecular formula is C27H39BrO. The summed E-state index contributed by atoms with van der Waals surface area (Å²) in [5.41, 5.74) is 5.22. The largest absolute Gasteiger partial charge is 0.507 e. The molecule has 0 saturated heterocycles. The Hall–Kier alpha value is -0.500. The molecule has 1 N–H and O–H groups in total. The molecule has 4 aliphatic carbocycles. The van der Waals surface area contributed by atoms with Crippen LogP contribution in [0.25, 0.3) is 0 Å². The van der Waals surface area contributed by atoms with Gasteiger partial charge in [0.2, 0.25) is 0 Å². The monoisotopic (exact) mass is 458 g/mol. The third-order valence-corrected chi connectivity index (χ3v) is 12.4. The second-order valence-electron chi connectivity index (χ2n) is 12.6. The number of halogens is 1. The molecule has 4 saturated carbocycles. The quantitative estimate of drug-likeness (QED) is 0.452. The molecule has 0 unspecified atom stereocenters. The van der Waals surface area contributed by atoms with Crippen molar-refractivity contribution in [1.82, 2.24) is 0 Å². The Bertz CT molecular complexity index is 789. The van der Waals surface area contributed by atoms with Crippen LogP contribution in [0.3, 0.4) is 0 Å². The molecule has 4 bridgehead atoms. The Kier molecular flexibility index (Phi) is 4.26. The van der Waals surface area contributed by atoms with E-state index >= 15 is 0 Å². The van der Waals surface area contributed by atoms with Gasteiger partial charge in [0.1, 0.15) is 5.75 Å². The van der Waals surface area contributed by atoms with Gasteiger partial charge in [0, 0.05) is 5.33 Å². The zero-order chi connectivity index (χ0) is 21.0. The molecule has 0 amide bonds. The van der Waals surface area contributed by atoms with Gasteiger partial charge in [0.25, 0.3) is 0 Å².